The van der Waals surface area contributed by atoms with Crippen LogP contribution in [0.2, 0.25) is 0 Å². The molecule has 0 unspecified atom stereocenters. The molecular formula is C20H30O2. The summed E-state index contributed by atoms with van der Waals surface area (Å²) in [4.78, 5) is 12.5. The molecule has 0 saturated heterocycles. The number of aliphatic hydroxyl groups excluding tert-OH is 1. The number of carbonyl (C=O) groups excluding carboxylic acids is 1. The molecule has 5 saturated carbocycles. The Morgan fingerprint density at radius 1 is 1.18 bits per heavy atom. The second kappa shape index (κ2) is 4.47. The van der Waals surface area contributed by atoms with Crippen LogP contribution in [-0.2, 0) is 4.79 Å². The Balaban J connectivity index is 1.76. The Hall–Kier alpha value is -0.630. The number of ketones is 1. The molecule has 5 aliphatic carbocycles. The highest BCUT2D eigenvalue weighted by atomic mass is 16.3. The van der Waals surface area contributed by atoms with Crippen LogP contribution in [0.15, 0.2) is 12.2 Å². The van der Waals surface area contributed by atoms with E-state index < -0.39 is 5.41 Å². The SMILES string of the molecule is C=C1C[C@]23CC[C@H]1C[C@H]2[C@]1(C)CCC(=O)[C@@](C)(CO)[C@H]1CC3. The van der Waals surface area contributed by atoms with Gasteiger partial charge in [0.25, 0.3) is 0 Å². The molecule has 0 heterocycles. The number of hydrogen-bond donors (Lipinski definition) is 1. The normalized spacial score (nSPS) is 54.0. The fourth-order valence-electron chi connectivity index (χ4n) is 7.28. The van der Waals surface area contributed by atoms with Gasteiger partial charge in [-0.15, -0.1) is 0 Å². The zero-order chi connectivity index (χ0) is 15.8. The monoisotopic (exact) mass is 302 g/mol. The highest BCUT2D eigenvalue weighted by Gasteiger charge is 2.65. The third-order valence-electron chi connectivity index (χ3n) is 8.55. The summed E-state index contributed by atoms with van der Waals surface area (Å²) in [5.74, 6) is 2.13. The van der Waals surface area contributed by atoms with Gasteiger partial charge in [0.05, 0.1) is 12.0 Å². The fraction of sp³-hybridized carbons (Fsp3) is 0.850. The van der Waals surface area contributed by atoms with Gasteiger partial charge in [-0.1, -0.05) is 26.0 Å². The van der Waals surface area contributed by atoms with Crippen molar-refractivity contribution in [3.8, 4) is 0 Å². The summed E-state index contributed by atoms with van der Waals surface area (Å²) in [5.41, 5.74) is 1.71. The van der Waals surface area contributed by atoms with Crippen LogP contribution in [0.3, 0.4) is 0 Å². The van der Waals surface area contributed by atoms with Gasteiger partial charge in [0, 0.05) is 6.42 Å². The summed E-state index contributed by atoms with van der Waals surface area (Å²) in [7, 11) is 0. The average Bonchev–Trinajstić information content (AvgIpc) is 2.51. The second-order valence-electron chi connectivity index (χ2n) is 9.32. The van der Waals surface area contributed by atoms with Crippen molar-refractivity contribution >= 4 is 5.78 Å². The highest BCUT2D eigenvalue weighted by Crippen LogP contribution is 2.71. The van der Waals surface area contributed by atoms with Gasteiger partial charge in [-0.05, 0) is 73.5 Å². The largest absolute Gasteiger partial charge is 0.395 e. The Bertz CT molecular complexity index is 538. The molecule has 0 aromatic rings. The minimum atomic E-state index is -0.498. The first-order chi connectivity index (χ1) is 10.4. The maximum absolute atomic E-state index is 12.5. The zero-order valence-electron chi connectivity index (χ0n) is 14.2. The van der Waals surface area contributed by atoms with Gasteiger partial charge >= 0.3 is 0 Å². The van der Waals surface area contributed by atoms with E-state index >= 15 is 0 Å². The lowest BCUT2D eigenvalue weighted by Crippen LogP contribution is -2.62. The molecule has 6 atom stereocenters. The lowest BCUT2D eigenvalue weighted by atomic mass is 9.37. The molecule has 1 N–H and O–H groups in total. The smallest absolute Gasteiger partial charge is 0.141 e. The molecule has 0 amide bonds. The molecule has 0 radical (unpaired) electrons. The third kappa shape index (κ3) is 1.63. The molecular weight excluding hydrogens is 272 g/mol. The van der Waals surface area contributed by atoms with Gasteiger partial charge in [-0.25, -0.2) is 0 Å². The number of hydrogen-bond acceptors (Lipinski definition) is 2. The molecule has 2 bridgehead atoms. The molecule has 0 aromatic heterocycles. The van der Waals surface area contributed by atoms with Crippen LogP contribution in [0.1, 0.15) is 65.2 Å². The standard InChI is InChI=1S/C20H30O2/c1-13-11-20-8-4-14(13)10-16(20)18(2)7-6-17(22)19(3,12-21)15(18)5-9-20/h14-16,21H,1,4-12H2,2-3H3/t14-,15-,16-,18+,19-,20+/m0/s1. The quantitative estimate of drug-likeness (QED) is 0.740. The van der Waals surface area contributed by atoms with Gasteiger partial charge in [0.2, 0.25) is 0 Å². The third-order valence-corrected chi connectivity index (χ3v) is 8.55. The Kier molecular flexibility index (Phi) is 3.03. The van der Waals surface area contributed by atoms with Crippen molar-refractivity contribution in [1.29, 1.82) is 0 Å². The molecule has 2 heteroatoms. The first kappa shape index (κ1) is 14.9. The fourth-order valence-corrected chi connectivity index (χ4v) is 7.28. The molecule has 0 aromatic carbocycles. The lowest BCUT2D eigenvalue weighted by molar-refractivity contribution is -0.184. The Morgan fingerprint density at radius 2 is 1.91 bits per heavy atom. The van der Waals surface area contributed by atoms with Crippen molar-refractivity contribution in [2.45, 2.75) is 65.2 Å². The van der Waals surface area contributed by atoms with E-state index in [1.807, 2.05) is 6.92 Å². The van der Waals surface area contributed by atoms with Crippen molar-refractivity contribution in [3.05, 3.63) is 12.2 Å². The average molecular weight is 302 g/mol. The van der Waals surface area contributed by atoms with Crippen molar-refractivity contribution in [1.82, 2.24) is 0 Å². The van der Waals surface area contributed by atoms with E-state index in [9.17, 15) is 9.90 Å². The predicted molar refractivity (Wildman–Crippen MR) is 87.3 cm³/mol. The topological polar surface area (TPSA) is 37.3 Å². The number of allylic oxidation sites excluding steroid dienone is 1. The van der Waals surface area contributed by atoms with E-state index in [-0.39, 0.29) is 12.0 Å². The first-order valence-corrected chi connectivity index (χ1v) is 9.18. The van der Waals surface area contributed by atoms with Crippen LogP contribution in [0.25, 0.3) is 0 Å². The van der Waals surface area contributed by atoms with Gasteiger partial charge in [0.15, 0.2) is 0 Å². The zero-order valence-corrected chi connectivity index (χ0v) is 14.2. The Morgan fingerprint density at radius 3 is 2.59 bits per heavy atom. The minimum Gasteiger partial charge on any atom is -0.395 e. The molecule has 0 aliphatic heterocycles. The van der Waals surface area contributed by atoms with E-state index in [1.54, 1.807) is 0 Å². The van der Waals surface area contributed by atoms with Crippen LogP contribution in [0.5, 0.6) is 0 Å². The summed E-state index contributed by atoms with van der Waals surface area (Å²) < 4.78 is 0. The Labute approximate surface area is 134 Å². The van der Waals surface area contributed by atoms with Gasteiger partial charge < -0.3 is 5.11 Å². The number of carbonyl (C=O) groups is 1. The van der Waals surface area contributed by atoms with E-state index in [2.05, 4.69) is 13.5 Å². The van der Waals surface area contributed by atoms with Gasteiger partial charge in [-0.2, -0.15) is 0 Å². The van der Waals surface area contributed by atoms with Crippen LogP contribution < -0.4 is 0 Å². The van der Waals surface area contributed by atoms with Crippen molar-refractivity contribution in [2.24, 2.45) is 34.0 Å². The van der Waals surface area contributed by atoms with Gasteiger partial charge in [-0.3, -0.25) is 4.79 Å². The molecule has 22 heavy (non-hydrogen) atoms. The van der Waals surface area contributed by atoms with E-state index in [4.69, 9.17) is 0 Å². The molecule has 122 valence electrons. The first-order valence-electron chi connectivity index (χ1n) is 9.18. The minimum absolute atomic E-state index is 0.0297. The second-order valence-corrected chi connectivity index (χ2v) is 9.32. The van der Waals surface area contributed by atoms with E-state index in [1.165, 1.54) is 37.7 Å². The van der Waals surface area contributed by atoms with E-state index in [0.717, 1.165) is 24.7 Å². The van der Waals surface area contributed by atoms with Crippen LogP contribution in [0.4, 0.5) is 0 Å². The van der Waals surface area contributed by atoms with Gasteiger partial charge in [0.1, 0.15) is 5.78 Å². The summed E-state index contributed by atoms with van der Waals surface area (Å²) in [6, 6.07) is 0. The summed E-state index contributed by atoms with van der Waals surface area (Å²) in [5, 5.41) is 10.0. The van der Waals surface area contributed by atoms with Crippen molar-refractivity contribution in [2.75, 3.05) is 6.61 Å². The van der Waals surface area contributed by atoms with E-state index in [0.29, 0.717) is 23.5 Å². The maximum atomic E-state index is 12.5. The summed E-state index contributed by atoms with van der Waals surface area (Å²) >= 11 is 0. The number of aliphatic hydroxyl groups is 1. The van der Waals surface area contributed by atoms with Crippen molar-refractivity contribution < 1.29 is 9.90 Å². The van der Waals surface area contributed by atoms with Crippen molar-refractivity contribution in [3.63, 3.8) is 0 Å². The maximum Gasteiger partial charge on any atom is 0.141 e. The lowest BCUT2D eigenvalue weighted by Gasteiger charge is -2.67. The molecule has 5 rings (SSSR count). The predicted octanol–water partition coefficient (Wildman–Crippen LogP) is 4.13. The van der Waals surface area contributed by atoms with Crippen LogP contribution in [-0.4, -0.2) is 17.5 Å². The highest BCUT2D eigenvalue weighted by molar-refractivity contribution is 5.86. The van der Waals surface area contributed by atoms with Crippen LogP contribution >= 0.6 is 0 Å². The number of Topliss-reactive ketones (excluding diaryl/α,β-unsaturated/α-hetero) is 1. The number of rotatable bonds is 1. The summed E-state index contributed by atoms with van der Waals surface area (Å²) in [6.45, 7) is 8.89. The summed E-state index contributed by atoms with van der Waals surface area (Å²) in [6.07, 6.45) is 9.30. The molecule has 2 nitrogen and oxygen atoms in total. The number of fused-ring (bicyclic) bond motifs is 3. The molecule has 1 spiro atoms. The molecule has 5 fully saturated rings. The molecule has 5 aliphatic rings. The van der Waals surface area contributed by atoms with Crippen LogP contribution in [0, 0.1) is 34.0 Å².